The Morgan fingerprint density at radius 1 is 0.950 bits per heavy atom. The maximum absolute atomic E-state index is 13.5. The Balaban J connectivity index is 1.95. The fourth-order valence-corrected chi connectivity index (χ4v) is 2.14. The molecule has 3 rings (SSSR count). The van der Waals surface area contributed by atoms with Crippen molar-refractivity contribution in [3.63, 3.8) is 0 Å². The van der Waals surface area contributed by atoms with Crippen molar-refractivity contribution < 1.29 is 4.39 Å². The minimum Gasteiger partial charge on any atom is -0.248 e. The van der Waals surface area contributed by atoms with Crippen molar-refractivity contribution in [3.8, 4) is 0 Å². The number of hydrogen-bond acceptors (Lipinski definition) is 1. The maximum Gasteiger partial charge on any atom is 0.130 e. The molecule has 0 unspecified atom stereocenters. The number of benzene rings is 2. The number of halogens is 1. The molecule has 0 bridgehead atoms. The number of pyridine rings is 1. The van der Waals surface area contributed by atoms with Gasteiger partial charge in [0.25, 0.3) is 0 Å². The molecule has 0 aliphatic heterocycles. The van der Waals surface area contributed by atoms with Crippen LogP contribution in [-0.4, -0.2) is 4.98 Å². The van der Waals surface area contributed by atoms with Crippen LogP contribution in [0.1, 0.15) is 16.8 Å². The molecular formula is C18H14FN. The summed E-state index contributed by atoms with van der Waals surface area (Å²) in [5.41, 5.74) is 3.56. The summed E-state index contributed by atoms with van der Waals surface area (Å²) < 4.78 is 13.5. The normalized spacial score (nSPS) is 11.3. The van der Waals surface area contributed by atoms with Gasteiger partial charge >= 0.3 is 0 Å². The van der Waals surface area contributed by atoms with Crippen molar-refractivity contribution >= 4 is 23.1 Å². The van der Waals surface area contributed by atoms with Gasteiger partial charge in [-0.15, -0.1) is 0 Å². The van der Waals surface area contributed by atoms with E-state index in [-0.39, 0.29) is 5.82 Å². The zero-order valence-corrected chi connectivity index (χ0v) is 11.2. The Bertz CT molecular complexity index is 790. The molecule has 2 heteroatoms. The number of hydrogen-bond donors (Lipinski definition) is 0. The Labute approximate surface area is 117 Å². The van der Waals surface area contributed by atoms with Crippen molar-refractivity contribution in [1.82, 2.24) is 4.98 Å². The third-order valence-corrected chi connectivity index (χ3v) is 3.21. The van der Waals surface area contributed by atoms with E-state index >= 15 is 0 Å². The van der Waals surface area contributed by atoms with E-state index in [1.165, 1.54) is 11.6 Å². The Morgan fingerprint density at radius 2 is 1.80 bits per heavy atom. The predicted molar refractivity (Wildman–Crippen MR) is 81.8 cm³/mol. The van der Waals surface area contributed by atoms with Gasteiger partial charge in [0.05, 0.1) is 11.2 Å². The molecule has 0 aliphatic rings. The van der Waals surface area contributed by atoms with E-state index < -0.39 is 0 Å². The first kappa shape index (κ1) is 12.5. The van der Waals surface area contributed by atoms with Crippen molar-refractivity contribution in [1.29, 1.82) is 0 Å². The minimum atomic E-state index is -0.222. The van der Waals surface area contributed by atoms with Gasteiger partial charge in [-0.3, -0.25) is 0 Å². The molecule has 1 heterocycles. The number of aromatic nitrogens is 1. The van der Waals surface area contributed by atoms with E-state index in [1.807, 2.05) is 36.4 Å². The molecule has 0 aliphatic carbocycles. The molecule has 2 aromatic carbocycles. The quantitative estimate of drug-likeness (QED) is 0.644. The highest BCUT2D eigenvalue weighted by atomic mass is 19.1. The molecule has 3 aromatic rings. The molecule has 1 nitrogen and oxygen atoms in total. The van der Waals surface area contributed by atoms with Gasteiger partial charge in [-0.1, -0.05) is 35.9 Å². The molecule has 0 amide bonds. The van der Waals surface area contributed by atoms with Crippen LogP contribution in [0, 0.1) is 12.7 Å². The lowest BCUT2D eigenvalue weighted by molar-refractivity contribution is 0.625. The van der Waals surface area contributed by atoms with Gasteiger partial charge in [-0.05, 0) is 43.3 Å². The van der Waals surface area contributed by atoms with Crippen LogP contribution in [0.5, 0.6) is 0 Å². The van der Waals surface area contributed by atoms with Gasteiger partial charge in [-0.2, -0.15) is 0 Å². The molecule has 20 heavy (non-hydrogen) atoms. The van der Waals surface area contributed by atoms with Crippen LogP contribution in [0.25, 0.3) is 23.1 Å². The zero-order chi connectivity index (χ0) is 13.9. The van der Waals surface area contributed by atoms with Crippen LogP contribution in [0.4, 0.5) is 4.39 Å². The van der Waals surface area contributed by atoms with Crippen LogP contribution in [-0.2, 0) is 0 Å². The van der Waals surface area contributed by atoms with Crippen molar-refractivity contribution in [2.45, 2.75) is 6.92 Å². The highest BCUT2D eigenvalue weighted by Gasteiger charge is 1.98. The largest absolute Gasteiger partial charge is 0.248 e. The Kier molecular flexibility index (Phi) is 3.30. The van der Waals surface area contributed by atoms with Gasteiger partial charge < -0.3 is 0 Å². The van der Waals surface area contributed by atoms with Gasteiger partial charge in [-0.25, -0.2) is 9.37 Å². The monoisotopic (exact) mass is 263 g/mol. The predicted octanol–water partition coefficient (Wildman–Crippen LogP) is 4.85. The standard InChI is InChI=1S/C18H14FN/c1-13-6-11-18-15(12-13)8-10-16(20-18)9-7-14-4-2-3-5-17(14)19/h2-12H,1H3/b9-7+. The second-order valence-corrected chi connectivity index (χ2v) is 4.79. The molecule has 0 saturated carbocycles. The second kappa shape index (κ2) is 5.25. The third kappa shape index (κ3) is 2.59. The van der Waals surface area contributed by atoms with E-state index in [4.69, 9.17) is 0 Å². The maximum atomic E-state index is 13.5. The van der Waals surface area contributed by atoms with Crippen LogP contribution in [0.2, 0.25) is 0 Å². The first-order chi connectivity index (χ1) is 9.72. The molecule has 0 atom stereocenters. The molecule has 98 valence electrons. The molecule has 0 radical (unpaired) electrons. The highest BCUT2D eigenvalue weighted by molar-refractivity contribution is 5.81. The third-order valence-electron chi connectivity index (χ3n) is 3.21. The lowest BCUT2D eigenvalue weighted by atomic mass is 10.1. The summed E-state index contributed by atoms with van der Waals surface area (Å²) in [4.78, 5) is 4.55. The van der Waals surface area contributed by atoms with E-state index in [0.717, 1.165) is 16.6 Å². The van der Waals surface area contributed by atoms with Crippen molar-refractivity contribution in [3.05, 3.63) is 77.2 Å². The van der Waals surface area contributed by atoms with Crippen molar-refractivity contribution in [2.24, 2.45) is 0 Å². The number of nitrogens with zero attached hydrogens (tertiary/aromatic N) is 1. The molecule has 1 aromatic heterocycles. The molecule has 0 saturated heterocycles. The van der Waals surface area contributed by atoms with E-state index in [1.54, 1.807) is 18.2 Å². The van der Waals surface area contributed by atoms with Gasteiger partial charge in [0.2, 0.25) is 0 Å². The summed E-state index contributed by atoms with van der Waals surface area (Å²) in [6, 6.07) is 16.8. The van der Waals surface area contributed by atoms with E-state index in [2.05, 4.69) is 18.0 Å². The molecular weight excluding hydrogens is 249 g/mol. The van der Waals surface area contributed by atoms with Crippen molar-refractivity contribution in [2.75, 3.05) is 0 Å². The van der Waals surface area contributed by atoms with Crippen LogP contribution >= 0.6 is 0 Å². The molecule has 0 N–H and O–H groups in total. The fourth-order valence-electron chi connectivity index (χ4n) is 2.14. The lowest BCUT2D eigenvalue weighted by Gasteiger charge is -2.01. The summed E-state index contributed by atoms with van der Waals surface area (Å²) in [5.74, 6) is -0.222. The number of aryl methyl sites for hydroxylation is 1. The van der Waals surface area contributed by atoms with Crippen LogP contribution in [0.3, 0.4) is 0 Å². The SMILES string of the molecule is Cc1ccc2nc(/C=C/c3ccccc3F)ccc2c1. The summed E-state index contributed by atoms with van der Waals surface area (Å²) in [6.45, 7) is 2.06. The zero-order valence-electron chi connectivity index (χ0n) is 11.2. The lowest BCUT2D eigenvalue weighted by Crippen LogP contribution is -1.85. The Hall–Kier alpha value is -2.48. The molecule has 0 spiro atoms. The minimum absolute atomic E-state index is 0.222. The first-order valence-electron chi connectivity index (χ1n) is 6.52. The smallest absolute Gasteiger partial charge is 0.130 e. The topological polar surface area (TPSA) is 12.9 Å². The number of rotatable bonds is 2. The Morgan fingerprint density at radius 3 is 2.65 bits per heavy atom. The number of fused-ring (bicyclic) bond motifs is 1. The van der Waals surface area contributed by atoms with Gasteiger partial charge in [0.15, 0.2) is 0 Å². The molecule has 0 fully saturated rings. The summed E-state index contributed by atoms with van der Waals surface area (Å²) in [5, 5.41) is 1.12. The highest BCUT2D eigenvalue weighted by Crippen LogP contribution is 2.16. The summed E-state index contributed by atoms with van der Waals surface area (Å²) >= 11 is 0. The second-order valence-electron chi connectivity index (χ2n) is 4.79. The summed E-state index contributed by atoms with van der Waals surface area (Å²) in [6.07, 6.45) is 3.58. The van der Waals surface area contributed by atoms with Gasteiger partial charge in [0, 0.05) is 10.9 Å². The average Bonchev–Trinajstić information content (AvgIpc) is 2.46. The fraction of sp³-hybridized carbons (Fsp3) is 0.0556. The van der Waals surface area contributed by atoms with E-state index in [0.29, 0.717) is 5.56 Å². The van der Waals surface area contributed by atoms with Crippen LogP contribution < -0.4 is 0 Å². The van der Waals surface area contributed by atoms with E-state index in [9.17, 15) is 4.39 Å². The van der Waals surface area contributed by atoms with Crippen LogP contribution in [0.15, 0.2) is 54.6 Å². The van der Waals surface area contributed by atoms with Gasteiger partial charge in [0.1, 0.15) is 5.82 Å². The first-order valence-corrected chi connectivity index (χ1v) is 6.52. The average molecular weight is 263 g/mol. The summed E-state index contributed by atoms with van der Waals surface area (Å²) in [7, 11) is 0.